The maximum atomic E-state index is 12.0. The molecule has 0 aliphatic carbocycles. The number of urea groups is 1. The van der Waals surface area contributed by atoms with Crippen LogP contribution in [0.5, 0.6) is 0 Å². The highest BCUT2D eigenvalue weighted by molar-refractivity contribution is 6.33. The van der Waals surface area contributed by atoms with Crippen LogP contribution < -0.4 is 10.6 Å². The quantitative estimate of drug-likeness (QED) is 0.867. The molecule has 6 heteroatoms. The molecular formula is C17H27ClN4O. The maximum absolute atomic E-state index is 12.0. The van der Waals surface area contributed by atoms with Gasteiger partial charge in [-0.1, -0.05) is 24.6 Å². The number of anilines is 1. The molecule has 0 aromatic heterocycles. The molecule has 0 spiro atoms. The first-order chi connectivity index (χ1) is 10.9. The molecule has 128 valence electrons. The van der Waals surface area contributed by atoms with Crippen molar-refractivity contribution in [3.05, 3.63) is 28.8 Å². The number of piperazine rings is 1. The molecule has 2 amide bonds. The number of nitrogens with one attached hydrogen (secondary N) is 2. The molecule has 1 atom stereocenters. The summed E-state index contributed by atoms with van der Waals surface area (Å²) < 4.78 is 0. The third-order valence-electron chi connectivity index (χ3n) is 4.15. The molecule has 1 aromatic rings. The summed E-state index contributed by atoms with van der Waals surface area (Å²) in [5.41, 5.74) is 1.71. The Morgan fingerprint density at radius 2 is 2.00 bits per heavy atom. The van der Waals surface area contributed by atoms with Gasteiger partial charge in [-0.25, -0.2) is 4.79 Å². The lowest BCUT2D eigenvalue weighted by Crippen LogP contribution is -2.47. The molecule has 2 N–H and O–H groups in total. The monoisotopic (exact) mass is 338 g/mol. The summed E-state index contributed by atoms with van der Waals surface area (Å²) in [7, 11) is 2.16. The second-order valence-electron chi connectivity index (χ2n) is 6.53. The summed E-state index contributed by atoms with van der Waals surface area (Å²) in [6, 6.07) is 5.39. The summed E-state index contributed by atoms with van der Waals surface area (Å²) >= 11 is 6.12. The minimum absolute atomic E-state index is 0.207. The van der Waals surface area contributed by atoms with Crippen molar-refractivity contribution in [2.45, 2.75) is 13.8 Å². The maximum Gasteiger partial charge on any atom is 0.319 e. The number of carbonyl (C=O) groups is 1. The topological polar surface area (TPSA) is 47.6 Å². The van der Waals surface area contributed by atoms with Crippen LogP contribution in [0, 0.1) is 12.8 Å². The van der Waals surface area contributed by atoms with Gasteiger partial charge in [-0.05, 0) is 37.6 Å². The Kier molecular flexibility index (Phi) is 6.69. The van der Waals surface area contributed by atoms with E-state index in [1.54, 1.807) is 0 Å². The second kappa shape index (κ2) is 8.52. The molecule has 1 fully saturated rings. The van der Waals surface area contributed by atoms with Crippen LogP contribution in [0.2, 0.25) is 5.02 Å². The Labute approximate surface area is 144 Å². The van der Waals surface area contributed by atoms with Crippen molar-refractivity contribution in [3.63, 3.8) is 0 Å². The molecule has 1 aromatic carbocycles. The Morgan fingerprint density at radius 3 is 2.65 bits per heavy atom. The van der Waals surface area contributed by atoms with Gasteiger partial charge in [0.1, 0.15) is 0 Å². The van der Waals surface area contributed by atoms with Gasteiger partial charge in [0, 0.05) is 39.3 Å². The SMILES string of the molecule is Cc1ccc(NC(=O)NC[C@H](C)CN2CCN(C)CC2)c(Cl)c1. The molecule has 1 aliphatic heterocycles. The van der Waals surface area contributed by atoms with Crippen molar-refractivity contribution in [2.75, 3.05) is 51.6 Å². The fourth-order valence-corrected chi connectivity index (χ4v) is 2.97. The van der Waals surface area contributed by atoms with E-state index in [1.807, 2.05) is 25.1 Å². The standard InChI is InChI=1S/C17H27ClN4O/c1-13-4-5-16(15(18)10-13)20-17(23)19-11-14(2)12-22-8-6-21(3)7-9-22/h4-5,10,14H,6-9,11-12H2,1-3H3,(H2,19,20,23)/t14-/m0/s1. The van der Waals surface area contributed by atoms with E-state index in [9.17, 15) is 4.79 Å². The van der Waals surface area contributed by atoms with Gasteiger partial charge in [-0.15, -0.1) is 0 Å². The average Bonchev–Trinajstić information content (AvgIpc) is 2.50. The lowest BCUT2D eigenvalue weighted by molar-refractivity contribution is 0.138. The van der Waals surface area contributed by atoms with Gasteiger partial charge in [-0.3, -0.25) is 0 Å². The zero-order valence-corrected chi connectivity index (χ0v) is 15.0. The van der Waals surface area contributed by atoms with E-state index in [0.29, 0.717) is 23.2 Å². The van der Waals surface area contributed by atoms with E-state index in [0.717, 1.165) is 38.3 Å². The van der Waals surface area contributed by atoms with Crippen LogP contribution in [0.1, 0.15) is 12.5 Å². The van der Waals surface area contributed by atoms with Crippen molar-refractivity contribution in [1.82, 2.24) is 15.1 Å². The largest absolute Gasteiger partial charge is 0.338 e. The first kappa shape index (κ1) is 18.0. The van der Waals surface area contributed by atoms with Crippen molar-refractivity contribution in [3.8, 4) is 0 Å². The van der Waals surface area contributed by atoms with Crippen LogP contribution in [0.4, 0.5) is 10.5 Å². The molecule has 0 radical (unpaired) electrons. The van der Waals surface area contributed by atoms with E-state index in [2.05, 4.69) is 34.4 Å². The van der Waals surface area contributed by atoms with Gasteiger partial charge in [-0.2, -0.15) is 0 Å². The zero-order chi connectivity index (χ0) is 16.8. The van der Waals surface area contributed by atoms with Gasteiger partial charge >= 0.3 is 6.03 Å². The first-order valence-electron chi connectivity index (χ1n) is 8.16. The van der Waals surface area contributed by atoms with Crippen LogP contribution in [0.25, 0.3) is 0 Å². The fourth-order valence-electron chi connectivity index (χ4n) is 2.69. The number of likely N-dealkylation sites (N-methyl/N-ethyl adjacent to an activating group) is 1. The number of nitrogens with zero attached hydrogens (tertiary/aromatic N) is 2. The first-order valence-corrected chi connectivity index (χ1v) is 8.53. The number of amides is 2. The number of rotatable bonds is 5. The number of hydrogen-bond donors (Lipinski definition) is 2. The van der Waals surface area contributed by atoms with E-state index in [4.69, 9.17) is 11.6 Å². The number of carbonyl (C=O) groups excluding carboxylic acids is 1. The lowest BCUT2D eigenvalue weighted by Gasteiger charge is -2.33. The summed E-state index contributed by atoms with van der Waals surface area (Å²) in [6.07, 6.45) is 0. The molecule has 2 rings (SSSR count). The van der Waals surface area contributed by atoms with Crippen LogP contribution >= 0.6 is 11.6 Å². The van der Waals surface area contributed by atoms with Gasteiger partial charge in [0.15, 0.2) is 0 Å². The zero-order valence-electron chi connectivity index (χ0n) is 14.2. The molecule has 5 nitrogen and oxygen atoms in total. The predicted molar refractivity (Wildman–Crippen MR) is 96.3 cm³/mol. The summed E-state index contributed by atoms with van der Waals surface area (Å²) in [5.74, 6) is 0.414. The Morgan fingerprint density at radius 1 is 1.30 bits per heavy atom. The molecule has 0 unspecified atom stereocenters. The van der Waals surface area contributed by atoms with Crippen molar-refractivity contribution in [1.29, 1.82) is 0 Å². The molecule has 23 heavy (non-hydrogen) atoms. The van der Waals surface area contributed by atoms with Gasteiger partial charge < -0.3 is 20.4 Å². The minimum Gasteiger partial charge on any atom is -0.338 e. The number of benzene rings is 1. The molecule has 0 bridgehead atoms. The predicted octanol–water partition coefficient (Wildman–Crippen LogP) is 2.65. The highest BCUT2D eigenvalue weighted by Crippen LogP contribution is 2.22. The van der Waals surface area contributed by atoms with Crippen molar-refractivity contribution < 1.29 is 4.79 Å². The molecule has 0 saturated carbocycles. The van der Waals surface area contributed by atoms with Crippen LogP contribution in [-0.2, 0) is 0 Å². The Bertz CT molecular complexity index is 529. The second-order valence-corrected chi connectivity index (χ2v) is 6.93. The van der Waals surface area contributed by atoms with E-state index < -0.39 is 0 Å². The molecule has 1 heterocycles. The van der Waals surface area contributed by atoms with Crippen molar-refractivity contribution >= 4 is 23.3 Å². The number of hydrogen-bond acceptors (Lipinski definition) is 3. The highest BCUT2D eigenvalue weighted by atomic mass is 35.5. The number of aryl methyl sites for hydroxylation is 1. The van der Waals surface area contributed by atoms with Crippen LogP contribution in [-0.4, -0.2) is 62.1 Å². The van der Waals surface area contributed by atoms with Crippen molar-refractivity contribution in [2.24, 2.45) is 5.92 Å². The van der Waals surface area contributed by atoms with Gasteiger partial charge in [0.2, 0.25) is 0 Å². The smallest absolute Gasteiger partial charge is 0.319 e. The average molecular weight is 339 g/mol. The van der Waals surface area contributed by atoms with E-state index in [1.165, 1.54) is 0 Å². The van der Waals surface area contributed by atoms with Gasteiger partial charge in [0.05, 0.1) is 10.7 Å². The fraction of sp³-hybridized carbons (Fsp3) is 0.588. The molecular weight excluding hydrogens is 312 g/mol. The Hall–Kier alpha value is -1.30. The van der Waals surface area contributed by atoms with E-state index >= 15 is 0 Å². The molecule has 1 saturated heterocycles. The van der Waals surface area contributed by atoms with Gasteiger partial charge in [0.25, 0.3) is 0 Å². The highest BCUT2D eigenvalue weighted by Gasteiger charge is 2.16. The van der Waals surface area contributed by atoms with Crippen LogP contribution in [0.3, 0.4) is 0 Å². The lowest BCUT2D eigenvalue weighted by atomic mass is 10.1. The summed E-state index contributed by atoms with van der Waals surface area (Å²) in [5, 5.41) is 6.29. The summed E-state index contributed by atoms with van der Waals surface area (Å²) in [4.78, 5) is 16.8. The Balaban J connectivity index is 1.71. The molecule has 1 aliphatic rings. The van der Waals surface area contributed by atoms with E-state index in [-0.39, 0.29) is 6.03 Å². The third kappa shape index (κ3) is 6.01. The van der Waals surface area contributed by atoms with Crippen LogP contribution in [0.15, 0.2) is 18.2 Å². The normalized spacial score (nSPS) is 17.7. The third-order valence-corrected chi connectivity index (χ3v) is 4.46. The number of halogens is 1. The summed E-state index contributed by atoms with van der Waals surface area (Å²) in [6.45, 7) is 10.2. The minimum atomic E-state index is -0.207.